The van der Waals surface area contributed by atoms with Crippen molar-refractivity contribution in [2.45, 2.75) is 19.4 Å². The Kier molecular flexibility index (Phi) is 3.36. The minimum absolute atomic E-state index is 0.0984. The lowest BCUT2D eigenvalue weighted by molar-refractivity contribution is -0.0257. The summed E-state index contributed by atoms with van der Waals surface area (Å²) in [4.78, 5) is 20.8. The first-order valence-corrected chi connectivity index (χ1v) is 5.59. The number of likely N-dealkylation sites (N-methyl/N-ethyl adjacent to an activating group) is 1. The average Bonchev–Trinajstić information content (AvgIpc) is 2.28. The van der Waals surface area contributed by atoms with Crippen LogP contribution in [0.2, 0.25) is 0 Å². The third kappa shape index (κ3) is 2.48. The fourth-order valence-electron chi connectivity index (χ4n) is 1.81. The van der Waals surface area contributed by atoms with Crippen LogP contribution < -0.4 is 5.56 Å². The zero-order chi connectivity index (χ0) is 11.5. The van der Waals surface area contributed by atoms with Gasteiger partial charge in [-0.3, -0.25) is 4.79 Å². The standard InChI is InChI=1S/C11H17N3O2/c1-3-8-6-10(15)13-11(12-8)9-7-14(2)4-5-16-9/h6,9H,3-5,7H2,1-2H3,(H,12,13,15). The molecular formula is C11H17N3O2. The van der Waals surface area contributed by atoms with Crippen LogP contribution in [-0.2, 0) is 11.2 Å². The lowest BCUT2D eigenvalue weighted by atomic mass is 10.2. The van der Waals surface area contributed by atoms with E-state index in [-0.39, 0.29) is 11.7 Å². The molecule has 0 aromatic carbocycles. The lowest BCUT2D eigenvalue weighted by Crippen LogP contribution is -2.36. The molecule has 5 nitrogen and oxygen atoms in total. The van der Waals surface area contributed by atoms with Crippen LogP contribution in [0.15, 0.2) is 10.9 Å². The highest BCUT2D eigenvalue weighted by molar-refractivity contribution is 5.05. The molecule has 1 N–H and O–H groups in total. The Labute approximate surface area is 94.5 Å². The van der Waals surface area contributed by atoms with Gasteiger partial charge in [0, 0.05) is 24.8 Å². The number of morpholine rings is 1. The number of H-pyrrole nitrogens is 1. The van der Waals surface area contributed by atoms with Crippen molar-refractivity contribution in [2.24, 2.45) is 0 Å². The van der Waals surface area contributed by atoms with E-state index in [2.05, 4.69) is 14.9 Å². The summed E-state index contributed by atoms with van der Waals surface area (Å²) >= 11 is 0. The second-order valence-corrected chi connectivity index (χ2v) is 4.10. The Balaban J connectivity index is 2.25. The number of nitrogens with one attached hydrogen (secondary N) is 1. The summed E-state index contributed by atoms with van der Waals surface area (Å²) in [6, 6.07) is 1.54. The molecule has 2 heterocycles. The number of aromatic amines is 1. The van der Waals surface area contributed by atoms with E-state index in [4.69, 9.17) is 4.74 Å². The van der Waals surface area contributed by atoms with Crippen molar-refractivity contribution < 1.29 is 4.74 Å². The number of rotatable bonds is 2. The smallest absolute Gasteiger partial charge is 0.251 e. The van der Waals surface area contributed by atoms with Crippen molar-refractivity contribution in [3.05, 3.63) is 27.9 Å². The van der Waals surface area contributed by atoms with E-state index >= 15 is 0 Å². The van der Waals surface area contributed by atoms with E-state index in [9.17, 15) is 4.79 Å². The fraction of sp³-hybridized carbons (Fsp3) is 0.636. The molecule has 5 heteroatoms. The normalized spacial score (nSPS) is 22.2. The predicted molar refractivity (Wildman–Crippen MR) is 60.4 cm³/mol. The summed E-state index contributed by atoms with van der Waals surface area (Å²) in [6.45, 7) is 4.37. The molecule has 88 valence electrons. The van der Waals surface area contributed by atoms with Crippen molar-refractivity contribution in [3.8, 4) is 0 Å². The molecule has 1 atom stereocenters. The van der Waals surface area contributed by atoms with E-state index in [1.165, 1.54) is 6.07 Å². The minimum atomic E-state index is -0.113. The highest BCUT2D eigenvalue weighted by Crippen LogP contribution is 2.17. The van der Waals surface area contributed by atoms with E-state index in [0.29, 0.717) is 12.4 Å². The van der Waals surface area contributed by atoms with Crippen LogP contribution in [0.5, 0.6) is 0 Å². The van der Waals surface area contributed by atoms with Gasteiger partial charge in [0.05, 0.1) is 6.61 Å². The van der Waals surface area contributed by atoms with E-state index in [0.717, 1.165) is 25.2 Å². The maximum absolute atomic E-state index is 11.4. The monoisotopic (exact) mass is 223 g/mol. The SMILES string of the molecule is CCc1cc(=O)[nH]c(C2CN(C)CCO2)n1. The average molecular weight is 223 g/mol. The quantitative estimate of drug-likeness (QED) is 0.785. The van der Waals surface area contributed by atoms with Crippen molar-refractivity contribution in [3.63, 3.8) is 0 Å². The first kappa shape index (κ1) is 11.3. The molecule has 16 heavy (non-hydrogen) atoms. The van der Waals surface area contributed by atoms with Gasteiger partial charge in [0.15, 0.2) is 0 Å². The van der Waals surface area contributed by atoms with Gasteiger partial charge in [-0.2, -0.15) is 0 Å². The topological polar surface area (TPSA) is 58.2 Å². The van der Waals surface area contributed by atoms with Gasteiger partial charge < -0.3 is 14.6 Å². The summed E-state index contributed by atoms with van der Waals surface area (Å²) < 4.78 is 5.61. The van der Waals surface area contributed by atoms with Crippen molar-refractivity contribution in [1.29, 1.82) is 0 Å². The third-order valence-electron chi connectivity index (χ3n) is 2.75. The molecule has 2 rings (SSSR count). The Morgan fingerprint density at radius 2 is 2.50 bits per heavy atom. The van der Waals surface area contributed by atoms with E-state index in [1.54, 1.807) is 0 Å². The Hall–Kier alpha value is -1.20. The Morgan fingerprint density at radius 1 is 1.69 bits per heavy atom. The summed E-state index contributed by atoms with van der Waals surface area (Å²) in [5, 5.41) is 0. The van der Waals surface area contributed by atoms with Crippen molar-refractivity contribution in [2.75, 3.05) is 26.7 Å². The van der Waals surface area contributed by atoms with Gasteiger partial charge in [-0.1, -0.05) is 6.92 Å². The van der Waals surface area contributed by atoms with E-state index < -0.39 is 0 Å². The summed E-state index contributed by atoms with van der Waals surface area (Å²) in [5.41, 5.74) is 0.717. The summed E-state index contributed by atoms with van der Waals surface area (Å²) in [7, 11) is 2.04. The third-order valence-corrected chi connectivity index (χ3v) is 2.75. The molecule has 0 spiro atoms. The highest BCUT2D eigenvalue weighted by atomic mass is 16.5. The molecule has 1 saturated heterocycles. The zero-order valence-electron chi connectivity index (χ0n) is 9.69. The van der Waals surface area contributed by atoms with Crippen LogP contribution in [-0.4, -0.2) is 41.6 Å². The van der Waals surface area contributed by atoms with Crippen molar-refractivity contribution in [1.82, 2.24) is 14.9 Å². The maximum Gasteiger partial charge on any atom is 0.251 e. The van der Waals surface area contributed by atoms with Gasteiger partial charge in [0.25, 0.3) is 5.56 Å². The van der Waals surface area contributed by atoms with E-state index in [1.807, 2.05) is 14.0 Å². The first-order chi connectivity index (χ1) is 7.69. The van der Waals surface area contributed by atoms with Gasteiger partial charge >= 0.3 is 0 Å². The molecule has 1 aromatic heterocycles. The molecule has 0 aliphatic carbocycles. The first-order valence-electron chi connectivity index (χ1n) is 5.59. The summed E-state index contributed by atoms with van der Waals surface area (Å²) in [6.07, 6.45) is 0.650. The van der Waals surface area contributed by atoms with Crippen LogP contribution in [0.4, 0.5) is 0 Å². The molecule has 1 aliphatic heterocycles. The minimum Gasteiger partial charge on any atom is -0.368 e. The van der Waals surface area contributed by atoms with Gasteiger partial charge in [0.2, 0.25) is 0 Å². The second kappa shape index (κ2) is 4.76. The van der Waals surface area contributed by atoms with Crippen LogP contribution in [0.3, 0.4) is 0 Å². The van der Waals surface area contributed by atoms with Crippen LogP contribution in [0, 0.1) is 0 Å². The highest BCUT2D eigenvalue weighted by Gasteiger charge is 2.21. The summed E-state index contributed by atoms with van der Waals surface area (Å²) in [5.74, 6) is 0.649. The van der Waals surface area contributed by atoms with Gasteiger partial charge in [-0.15, -0.1) is 0 Å². The molecule has 1 unspecified atom stereocenters. The van der Waals surface area contributed by atoms with Crippen LogP contribution >= 0.6 is 0 Å². The molecule has 0 radical (unpaired) electrons. The predicted octanol–water partition coefficient (Wildman–Crippen LogP) is 0.335. The number of aromatic nitrogens is 2. The largest absolute Gasteiger partial charge is 0.368 e. The Morgan fingerprint density at radius 3 is 3.19 bits per heavy atom. The van der Waals surface area contributed by atoms with Crippen LogP contribution in [0.25, 0.3) is 0 Å². The maximum atomic E-state index is 11.4. The molecule has 1 aromatic rings. The molecule has 0 bridgehead atoms. The second-order valence-electron chi connectivity index (χ2n) is 4.10. The molecule has 0 amide bonds. The molecule has 0 saturated carbocycles. The molecule has 1 fully saturated rings. The van der Waals surface area contributed by atoms with Crippen LogP contribution in [0.1, 0.15) is 24.5 Å². The van der Waals surface area contributed by atoms with Gasteiger partial charge in [0.1, 0.15) is 11.9 Å². The molecular weight excluding hydrogens is 206 g/mol. The van der Waals surface area contributed by atoms with Gasteiger partial charge in [-0.25, -0.2) is 4.98 Å². The Bertz CT molecular complexity index is 416. The number of aryl methyl sites for hydroxylation is 1. The number of hydrogen-bond acceptors (Lipinski definition) is 4. The molecule has 1 aliphatic rings. The zero-order valence-corrected chi connectivity index (χ0v) is 9.69. The van der Waals surface area contributed by atoms with Gasteiger partial charge in [-0.05, 0) is 13.5 Å². The number of ether oxygens (including phenoxy) is 1. The van der Waals surface area contributed by atoms with Crippen molar-refractivity contribution >= 4 is 0 Å². The number of nitrogens with zero attached hydrogens (tertiary/aromatic N) is 2. The fourth-order valence-corrected chi connectivity index (χ4v) is 1.81. The lowest BCUT2D eigenvalue weighted by Gasteiger charge is -2.29. The number of hydrogen-bond donors (Lipinski definition) is 1.